The third kappa shape index (κ3) is 2.50. The van der Waals surface area contributed by atoms with Crippen LogP contribution in [0.25, 0.3) is 0 Å². The summed E-state index contributed by atoms with van der Waals surface area (Å²) in [7, 11) is -1.96. The molecule has 3 aliphatic heterocycles. The molecule has 0 bridgehead atoms. The van der Waals surface area contributed by atoms with E-state index in [0.717, 1.165) is 12.8 Å². The van der Waals surface area contributed by atoms with Gasteiger partial charge in [0.15, 0.2) is 5.03 Å². The van der Waals surface area contributed by atoms with Crippen LogP contribution in [0.5, 0.6) is 0 Å². The maximum atomic E-state index is 13.1. The Morgan fingerprint density at radius 2 is 2.04 bits per heavy atom. The summed E-state index contributed by atoms with van der Waals surface area (Å²) in [6.07, 6.45) is 4.52. The minimum atomic E-state index is -3.69. The molecule has 1 aromatic rings. The third-order valence-electron chi connectivity index (χ3n) is 5.83. The number of aromatic nitrogens is 2. The lowest BCUT2D eigenvalue weighted by molar-refractivity contribution is -0.135. The minimum Gasteiger partial charge on any atom is -0.381 e. The van der Waals surface area contributed by atoms with Crippen molar-refractivity contribution in [3.63, 3.8) is 0 Å². The van der Waals surface area contributed by atoms with Crippen LogP contribution in [-0.2, 0) is 26.6 Å². The summed E-state index contributed by atoms with van der Waals surface area (Å²) < 4.78 is 34.3. The molecule has 3 aliphatic rings. The number of aryl methyl sites for hydroxylation is 1. The Kier molecular flexibility index (Phi) is 4.33. The Morgan fingerprint density at radius 3 is 2.65 bits per heavy atom. The summed E-state index contributed by atoms with van der Waals surface area (Å²) in [6, 6.07) is -0.430. The first-order valence-corrected chi connectivity index (χ1v) is 10.5. The van der Waals surface area contributed by atoms with Gasteiger partial charge in [-0.3, -0.25) is 9.69 Å². The maximum absolute atomic E-state index is 13.1. The molecule has 10 heteroatoms. The van der Waals surface area contributed by atoms with Gasteiger partial charge in [-0.1, -0.05) is 0 Å². The monoisotopic (exact) mass is 383 g/mol. The molecule has 3 fully saturated rings. The molecule has 1 amide bonds. The first kappa shape index (κ1) is 17.9. The normalized spacial score (nSPS) is 27.2. The lowest BCUT2D eigenvalue weighted by Gasteiger charge is -2.48. The molecule has 0 N–H and O–H groups in total. The Balaban J connectivity index is 1.62. The standard InChI is InChI=1S/C16H25N5O4S/c1-3-20-15(22)13-10-19(26(23,24)14-11-18(2)12-17-14)6-7-21(13)16(20)4-8-25-9-5-16/h11-13H,3-10H2,1-2H3/t13-/m1/s1. The SMILES string of the molecule is CCN1C(=O)[C@H]2CN(S(=O)(=O)c3cn(C)cn3)CCN2C12CCOCC2. The van der Waals surface area contributed by atoms with Gasteiger partial charge in [-0.05, 0) is 6.92 Å². The fourth-order valence-electron chi connectivity index (χ4n) is 4.59. The molecular weight excluding hydrogens is 358 g/mol. The van der Waals surface area contributed by atoms with Gasteiger partial charge in [-0.25, -0.2) is 13.4 Å². The van der Waals surface area contributed by atoms with Gasteiger partial charge in [0.25, 0.3) is 10.0 Å². The maximum Gasteiger partial charge on any atom is 0.262 e. The van der Waals surface area contributed by atoms with Crippen molar-refractivity contribution in [1.82, 2.24) is 23.7 Å². The van der Waals surface area contributed by atoms with E-state index in [2.05, 4.69) is 9.88 Å². The molecule has 1 atom stereocenters. The van der Waals surface area contributed by atoms with E-state index in [1.165, 1.54) is 16.8 Å². The van der Waals surface area contributed by atoms with Gasteiger partial charge in [0.05, 0.1) is 19.5 Å². The highest BCUT2D eigenvalue weighted by Crippen LogP contribution is 2.41. The van der Waals surface area contributed by atoms with Crippen molar-refractivity contribution in [2.75, 3.05) is 39.4 Å². The van der Waals surface area contributed by atoms with Gasteiger partial charge in [-0.15, -0.1) is 0 Å². The van der Waals surface area contributed by atoms with E-state index in [0.29, 0.717) is 32.8 Å². The van der Waals surface area contributed by atoms with E-state index in [9.17, 15) is 13.2 Å². The first-order valence-electron chi connectivity index (χ1n) is 9.04. The molecule has 1 spiro atoms. The largest absolute Gasteiger partial charge is 0.381 e. The van der Waals surface area contributed by atoms with Crippen LogP contribution in [0.1, 0.15) is 19.8 Å². The number of rotatable bonds is 3. The van der Waals surface area contributed by atoms with Crippen molar-refractivity contribution in [1.29, 1.82) is 0 Å². The average Bonchev–Trinajstić information content (AvgIpc) is 3.17. The number of likely N-dealkylation sites (N-methyl/N-ethyl adjacent to an activating group) is 1. The molecule has 9 nitrogen and oxygen atoms in total. The van der Waals surface area contributed by atoms with Gasteiger partial charge < -0.3 is 14.2 Å². The van der Waals surface area contributed by atoms with E-state index < -0.39 is 16.1 Å². The molecule has 1 aromatic heterocycles. The predicted octanol–water partition coefficient (Wildman–Crippen LogP) is -0.536. The summed E-state index contributed by atoms with van der Waals surface area (Å²) in [5.74, 6) is 0.0234. The molecule has 0 aromatic carbocycles. The lowest BCUT2D eigenvalue weighted by atomic mass is 9.97. The fourth-order valence-corrected chi connectivity index (χ4v) is 5.99. The summed E-state index contributed by atoms with van der Waals surface area (Å²) >= 11 is 0. The summed E-state index contributed by atoms with van der Waals surface area (Å²) in [5.41, 5.74) is -0.324. The molecule has 26 heavy (non-hydrogen) atoms. The smallest absolute Gasteiger partial charge is 0.262 e. The number of hydrogen-bond donors (Lipinski definition) is 0. The number of fused-ring (bicyclic) bond motifs is 2. The van der Waals surface area contributed by atoms with Crippen LogP contribution in [-0.4, -0.2) is 89.1 Å². The van der Waals surface area contributed by atoms with Crippen LogP contribution in [0.15, 0.2) is 17.6 Å². The van der Waals surface area contributed by atoms with Crippen molar-refractivity contribution in [3.05, 3.63) is 12.5 Å². The molecule has 0 unspecified atom stereocenters. The highest BCUT2D eigenvalue weighted by Gasteiger charge is 2.58. The van der Waals surface area contributed by atoms with Crippen LogP contribution in [0.4, 0.5) is 0 Å². The van der Waals surface area contributed by atoms with Crippen LogP contribution < -0.4 is 0 Å². The highest BCUT2D eigenvalue weighted by molar-refractivity contribution is 7.89. The van der Waals surface area contributed by atoms with E-state index in [1.807, 2.05) is 11.8 Å². The number of carbonyl (C=O) groups excluding carboxylic acids is 1. The second-order valence-corrected chi connectivity index (χ2v) is 9.01. The number of imidazole rings is 1. The third-order valence-corrected chi connectivity index (χ3v) is 7.58. The van der Waals surface area contributed by atoms with Crippen molar-refractivity contribution in [2.24, 2.45) is 7.05 Å². The zero-order valence-electron chi connectivity index (χ0n) is 15.2. The number of carbonyl (C=O) groups is 1. The number of nitrogens with zero attached hydrogens (tertiary/aromatic N) is 5. The quantitative estimate of drug-likeness (QED) is 0.697. The predicted molar refractivity (Wildman–Crippen MR) is 92.6 cm³/mol. The van der Waals surface area contributed by atoms with Crippen molar-refractivity contribution in [2.45, 2.75) is 36.5 Å². The fraction of sp³-hybridized carbons (Fsp3) is 0.750. The van der Waals surface area contributed by atoms with Gasteiger partial charge >= 0.3 is 0 Å². The summed E-state index contributed by atoms with van der Waals surface area (Å²) in [5, 5.41) is 0.0343. The van der Waals surface area contributed by atoms with Crippen LogP contribution in [0.2, 0.25) is 0 Å². The molecular formula is C16H25N5O4S. The highest BCUT2D eigenvalue weighted by atomic mass is 32.2. The Hall–Kier alpha value is -1.49. The molecule has 4 rings (SSSR count). The molecule has 3 saturated heterocycles. The van der Waals surface area contributed by atoms with Crippen LogP contribution in [0.3, 0.4) is 0 Å². The van der Waals surface area contributed by atoms with Gasteiger partial charge in [0.2, 0.25) is 5.91 Å². The van der Waals surface area contributed by atoms with E-state index in [1.54, 1.807) is 11.6 Å². The Bertz CT molecular complexity index is 801. The second kappa shape index (κ2) is 6.29. The van der Waals surface area contributed by atoms with E-state index in [4.69, 9.17) is 4.74 Å². The molecule has 4 heterocycles. The number of amides is 1. The van der Waals surface area contributed by atoms with Crippen LogP contribution >= 0.6 is 0 Å². The summed E-state index contributed by atoms with van der Waals surface area (Å²) in [6.45, 7) is 4.94. The van der Waals surface area contributed by atoms with Gasteiger partial charge in [0.1, 0.15) is 11.7 Å². The lowest BCUT2D eigenvalue weighted by Crippen LogP contribution is -2.62. The second-order valence-electron chi connectivity index (χ2n) is 7.13. The zero-order valence-corrected chi connectivity index (χ0v) is 16.0. The van der Waals surface area contributed by atoms with Crippen LogP contribution in [0, 0.1) is 0 Å². The Labute approximate surface area is 153 Å². The van der Waals surface area contributed by atoms with E-state index in [-0.39, 0.29) is 23.1 Å². The molecule has 0 saturated carbocycles. The number of ether oxygens (including phenoxy) is 1. The number of hydrogen-bond acceptors (Lipinski definition) is 6. The average molecular weight is 383 g/mol. The number of piperazine rings is 1. The van der Waals surface area contributed by atoms with Crippen molar-refractivity contribution < 1.29 is 17.9 Å². The first-order chi connectivity index (χ1) is 12.4. The van der Waals surface area contributed by atoms with Crippen molar-refractivity contribution >= 4 is 15.9 Å². The molecule has 0 aliphatic carbocycles. The summed E-state index contributed by atoms with van der Waals surface area (Å²) in [4.78, 5) is 21.2. The Morgan fingerprint density at radius 1 is 1.31 bits per heavy atom. The molecule has 144 valence electrons. The minimum absolute atomic E-state index is 0.0234. The van der Waals surface area contributed by atoms with E-state index >= 15 is 0 Å². The molecule has 0 radical (unpaired) electrons. The van der Waals surface area contributed by atoms with Gasteiger partial charge in [0, 0.05) is 52.3 Å². The van der Waals surface area contributed by atoms with Gasteiger partial charge in [-0.2, -0.15) is 4.31 Å². The zero-order chi connectivity index (χ0) is 18.5. The number of sulfonamides is 1. The van der Waals surface area contributed by atoms with Crippen molar-refractivity contribution in [3.8, 4) is 0 Å². The topological polar surface area (TPSA) is 88.0 Å².